The summed E-state index contributed by atoms with van der Waals surface area (Å²) in [5, 5.41) is 23.4. The van der Waals surface area contributed by atoms with E-state index in [-0.39, 0.29) is 29.6 Å². The minimum absolute atomic E-state index is 0.136. The molecule has 0 saturated carbocycles. The monoisotopic (exact) mass is 346 g/mol. The maximum atomic E-state index is 12.6. The molecule has 2 aromatic rings. The summed E-state index contributed by atoms with van der Waals surface area (Å²) in [5.41, 5.74) is 0.593. The summed E-state index contributed by atoms with van der Waals surface area (Å²) in [5.74, 6) is 0.189. The van der Waals surface area contributed by atoms with Crippen molar-refractivity contribution in [1.82, 2.24) is 14.7 Å². The van der Waals surface area contributed by atoms with Gasteiger partial charge in [0.1, 0.15) is 12.2 Å². The number of nitriles is 1. The smallest absolute Gasteiger partial charge is 0.255 e. The number of aliphatic hydroxyl groups is 1. The summed E-state index contributed by atoms with van der Waals surface area (Å²) in [4.78, 5) is 14.1. The van der Waals surface area contributed by atoms with Crippen LogP contribution in [0.5, 0.6) is 5.75 Å². The Morgan fingerprint density at radius 2 is 2.29 bits per heavy atom. The van der Waals surface area contributed by atoms with E-state index < -0.39 is 12.2 Å². The number of halogens is 1. The van der Waals surface area contributed by atoms with Crippen LogP contribution in [0, 0.1) is 11.3 Å². The molecule has 1 aromatic carbocycles. The molecule has 1 aromatic heterocycles. The number of benzene rings is 1. The van der Waals surface area contributed by atoms with Gasteiger partial charge in [0, 0.05) is 7.05 Å². The van der Waals surface area contributed by atoms with Crippen molar-refractivity contribution in [2.24, 2.45) is 7.05 Å². The van der Waals surface area contributed by atoms with Crippen LogP contribution < -0.4 is 4.74 Å². The molecule has 8 heteroatoms. The van der Waals surface area contributed by atoms with Gasteiger partial charge >= 0.3 is 0 Å². The highest BCUT2D eigenvalue weighted by Gasteiger charge is 2.36. The third-order valence-electron chi connectivity index (χ3n) is 3.82. The molecule has 0 radical (unpaired) electrons. The largest absolute Gasteiger partial charge is 0.482 e. The van der Waals surface area contributed by atoms with Gasteiger partial charge in [-0.15, -0.1) is 0 Å². The Hall–Kier alpha value is -2.56. The Balaban J connectivity index is 1.74. The van der Waals surface area contributed by atoms with E-state index in [0.717, 1.165) is 0 Å². The van der Waals surface area contributed by atoms with Crippen LogP contribution in [0.3, 0.4) is 0 Å². The number of hydrogen-bond acceptors (Lipinski definition) is 5. The molecule has 7 nitrogen and oxygen atoms in total. The Morgan fingerprint density at radius 3 is 2.96 bits per heavy atom. The lowest BCUT2D eigenvalue weighted by atomic mass is 10.1. The zero-order chi connectivity index (χ0) is 17.3. The summed E-state index contributed by atoms with van der Waals surface area (Å²) in [6.07, 6.45) is 1.87. The Labute approximate surface area is 143 Å². The maximum absolute atomic E-state index is 12.6. The molecule has 1 aliphatic heterocycles. The number of β-amino-alcohol motifs (C(OH)–C–C–N with tert-alkyl or cyclic N) is 1. The predicted molar refractivity (Wildman–Crippen MR) is 85.7 cm³/mol. The van der Waals surface area contributed by atoms with Crippen molar-refractivity contribution in [3.8, 4) is 11.8 Å². The van der Waals surface area contributed by atoms with Gasteiger partial charge in [-0.1, -0.05) is 11.6 Å². The lowest BCUT2D eigenvalue weighted by molar-refractivity contribution is 0.0729. The number of hydrogen-bond donors (Lipinski definition) is 1. The van der Waals surface area contributed by atoms with Crippen LogP contribution in [0.4, 0.5) is 0 Å². The summed E-state index contributed by atoms with van der Waals surface area (Å²) >= 11 is 6.07. The molecule has 0 unspecified atom stereocenters. The van der Waals surface area contributed by atoms with E-state index in [1.807, 2.05) is 6.07 Å². The first-order chi connectivity index (χ1) is 11.5. The fourth-order valence-corrected chi connectivity index (χ4v) is 2.80. The first kappa shape index (κ1) is 16.3. The second-order valence-electron chi connectivity index (χ2n) is 5.59. The number of nitrogens with zero attached hydrogens (tertiary/aromatic N) is 4. The molecule has 3 rings (SSSR count). The van der Waals surface area contributed by atoms with Gasteiger partial charge in [-0.05, 0) is 18.2 Å². The van der Waals surface area contributed by atoms with E-state index in [2.05, 4.69) is 5.10 Å². The molecule has 0 bridgehead atoms. The minimum Gasteiger partial charge on any atom is -0.482 e. The summed E-state index contributed by atoms with van der Waals surface area (Å²) < 4.78 is 7.28. The van der Waals surface area contributed by atoms with E-state index >= 15 is 0 Å². The summed E-state index contributed by atoms with van der Waals surface area (Å²) in [7, 11) is 1.76. The standard InChI is InChI=1S/C16H15ClN4O3/c1-20-7-11(6-19-20)24-15-9-21(8-14(15)22)16(23)12-4-10(5-18)2-3-13(12)17/h2-4,6-7,14-15,22H,8-9H2,1H3/t14-,15-/m1/s1. The van der Waals surface area contributed by atoms with Crippen molar-refractivity contribution in [2.45, 2.75) is 12.2 Å². The number of likely N-dealkylation sites (tertiary alicyclic amines) is 1. The molecular weight excluding hydrogens is 332 g/mol. The Kier molecular flexibility index (Phi) is 4.42. The third kappa shape index (κ3) is 3.20. The molecule has 1 N–H and O–H groups in total. The fraction of sp³-hybridized carbons (Fsp3) is 0.312. The van der Waals surface area contributed by atoms with Crippen molar-refractivity contribution in [1.29, 1.82) is 5.26 Å². The van der Waals surface area contributed by atoms with Gasteiger partial charge in [-0.3, -0.25) is 9.48 Å². The van der Waals surface area contributed by atoms with Crippen molar-refractivity contribution in [2.75, 3.05) is 13.1 Å². The van der Waals surface area contributed by atoms with Crippen molar-refractivity contribution in [3.63, 3.8) is 0 Å². The highest BCUT2D eigenvalue weighted by molar-refractivity contribution is 6.33. The van der Waals surface area contributed by atoms with Crippen LogP contribution in [0.15, 0.2) is 30.6 Å². The highest BCUT2D eigenvalue weighted by atomic mass is 35.5. The zero-order valence-electron chi connectivity index (χ0n) is 12.9. The number of ether oxygens (including phenoxy) is 1. The molecule has 124 valence electrons. The van der Waals surface area contributed by atoms with Gasteiger partial charge in [0.05, 0.1) is 47.7 Å². The van der Waals surface area contributed by atoms with E-state index in [9.17, 15) is 9.90 Å². The van der Waals surface area contributed by atoms with Crippen LogP contribution >= 0.6 is 11.6 Å². The first-order valence-corrected chi connectivity index (χ1v) is 7.68. The second kappa shape index (κ2) is 6.51. The van der Waals surface area contributed by atoms with Gasteiger partial charge in [-0.2, -0.15) is 10.4 Å². The molecule has 0 aliphatic carbocycles. The quantitative estimate of drug-likeness (QED) is 0.902. The molecule has 2 atom stereocenters. The number of aryl methyl sites for hydroxylation is 1. The zero-order valence-corrected chi connectivity index (χ0v) is 13.6. The fourth-order valence-electron chi connectivity index (χ4n) is 2.60. The van der Waals surface area contributed by atoms with E-state index in [0.29, 0.717) is 11.3 Å². The Bertz CT molecular complexity index is 814. The molecule has 1 saturated heterocycles. The van der Waals surface area contributed by atoms with Gasteiger partial charge in [0.2, 0.25) is 0 Å². The van der Waals surface area contributed by atoms with E-state index in [4.69, 9.17) is 21.6 Å². The van der Waals surface area contributed by atoms with Crippen LogP contribution in [-0.4, -0.2) is 51.0 Å². The first-order valence-electron chi connectivity index (χ1n) is 7.30. The minimum atomic E-state index is -0.813. The molecule has 1 aliphatic rings. The van der Waals surface area contributed by atoms with Gasteiger partial charge in [0.15, 0.2) is 5.75 Å². The topological polar surface area (TPSA) is 91.4 Å². The lowest BCUT2D eigenvalue weighted by Crippen LogP contribution is -2.31. The number of rotatable bonds is 3. The van der Waals surface area contributed by atoms with Gasteiger partial charge in [0.25, 0.3) is 5.91 Å². The highest BCUT2D eigenvalue weighted by Crippen LogP contribution is 2.24. The summed E-state index contributed by atoms with van der Waals surface area (Å²) in [6, 6.07) is 6.50. The normalized spacial score (nSPS) is 20.0. The number of amides is 1. The summed E-state index contributed by atoms with van der Waals surface area (Å²) in [6.45, 7) is 0.360. The molecule has 0 spiro atoms. The molecule has 1 amide bonds. The number of carbonyl (C=O) groups is 1. The van der Waals surface area contributed by atoms with Gasteiger partial charge in [-0.25, -0.2) is 0 Å². The number of aliphatic hydroxyl groups excluding tert-OH is 1. The van der Waals surface area contributed by atoms with Crippen molar-refractivity contribution in [3.05, 3.63) is 46.7 Å². The van der Waals surface area contributed by atoms with Crippen LogP contribution in [0.2, 0.25) is 5.02 Å². The van der Waals surface area contributed by atoms with Crippen LogP contribution in [0.25, 0.3) is 0 Å². The third-order valence-corrected chi connectivity index (χ3v) is 4.15. The SMILES string of the molecule is Cn1cc(O[C@@H]2CN(C(=O)c3cc(C#N)ccc3Cl)C[C@H]2O)cn1. The molecular formula is C16H15ClN4O3. The van der Waals surface area contributed by atoms with Crippen LogP contribution in [0.1, 0.15) is 15.9 Å². The number of aromatic nitrogens is 2. The average Bonchev–Trinajstić information content (AvgIpc) is 3.14. The van der Waals surface area contributed by atoms with Crippen LogP contribution in [-0.2, 0) is 7.05 Å². The predicted octanol–water partition coefficient (Wildman–Crippen LogP) is 1.21. The van der Waals surface area contributed by atoms with Crippen molar-refractivity contribution >= 4 is 17.5 Å². The second-order valence-corrected chi connectivity index (χ2v) is 6.00. The lowest BCUT2D eigenvalue weighted by Gasteiger charge is -2.17. The molecule has 24 heavy (non-hydrogen) atoms. The van der Waals surface area contributed by atoms with Gasteiger partial charge < -0.3 is 14.7 Å². The van der Waals surface area contributed by atoms with E-state index in [1.165, 1.54) is 17.0 Å². The maximum Gasteiger partial charge on any atom is 0.255 e. The molecule has 2 heterocycles. The average molecular weight is 347 g/mol. The Morgan fingerprint density at radius 1 is 1.50 bits per heavy atom. The van der Waals surface area contributed by atoms with Crippen molar-refractivity contribution < 1.29 is 14.6 Å². The number of carbonyl (C=O) groups excluding carboxylic acids is 1. The van der Waals surface area contributed by atoms with E-state index in [1.54, 1.807) is 30.2 Å². The molecule has 1 fully saturated rings.